The highest BCUT2D eigenvalue weighted by Crippen LogP contribution is 2.22. The summed E-state index contributed by atoms with van der Waals surface area (Å²) in [4.78, 5) is 22.2. The van der Waals surface area contributed by atoms with Crippen LogP contribution in [0.25, 0.3) is 0 Å². The van der Waals surface area contributed by atoms with E-state index in [1.54, 1.807) is 12.1 Å². The summed E-state index contributed by atoms with van der Waals surface area (Å²) in [7, 11) is 0. The van der Waals surface area contributed by atoms with Crippen molar-refractivity contribution in [3.63, 3.8) is 0 Å². The first-order valence-electron chi connectivity index (χ1n) is 6.01. The van der Waals surface area contributed by atoms with Crippen LogP contribution in [-0.2, 0) is 0 Å². The Bertz CT molecular complexity index is 763. The van der Waals surface area contributed by atoms with Gasteiger partial charge in [-0.1, -0.05) is 35.3 Å². The lowest BCUT2D eigenvalue weighted by Gasteiger charge is -2.01. The summed E-state index contributed by atoms with van der Waals surface area (Å²) in [6.45, 7) is 0. The number of nitrogens with one attached hydrogen (secondary N) is 1. The molecule has 0 unspecified atom stereocenters. The SMILES string of the molecule is O=C(NN=Cc1ccccc1[N+](=O)[O-])c1ccc(Cl)c(Cl)c1. The summed E-state index contributed by atoms with van der Waals surface area (Å²) in [5, 5.41) is 15.1. The Morgan fingerprint density at radius 2 is 1.91 bits per heavy atom. The minimum absolute atomic E-state index is 0.102. The minimum atomic E-state index is -0.526. The van der Waals surface area contributed by atoms with E-state index >= 15 is 0 Å². The van der Waals surface area contributed by atoms with E-state index in [-0.39, 0.29) is 21.8 Å². The van der Waals surface area contributed by atoms with Crippen molar-refractivity contribution >= 4 is 41.0 Å². The second kappa shape index (κ2) is 7.02. The lowest BCUT2D eigenvalue weighted by atomic mass is 10.2. The highest BCUT2D eigenvalue weighted by Gasteiger charge is 2.10. The maximum Gasteiger partial charge on any atom is 0.278 e. The molecule has 1 N–H and O–H groups in total. The predicted molar refractivity (Wildman–Crippen MR) is 84.6 cm³/mol. The maximum atomic E-state index is 11.9. The molecule has 8 heteroatoms. The molecule has 0 atom stereocenters. The second-order valence-corrected chi connectivity index (χ2v) is 4.96. The number of hydrazone groups is 1. The van der Waals surface area contributed by atoms with Crippen LogP contribution in [0.4, 0.5) is 5.69 Å². The van der Waals surface area contributed by atoms with Crippen LogP contribution in [0.3, 0.4) is 0 Å². The molecule has 0 bridgehead atoms. The monoisotopic (exact) mass is 337 g/mol. The highest BCUT2D eigenvalue weighted by molar-refractivity contribution is 6.42. The van der Waals surface area contributed by atoms with Crippen LogP contribution < -0.4 is 5.43 Å². The number of rotatable bonds is 4. The van der Waals surface area contributed by atoms with Gasteiger partial charge in [0.05, 0.1) is 26.7 Å². The van der Waals surface area contributed by atoms with E-state index in [4.69, 9.17) is 23.2 Å². The van der Waals surface area contributed by atoms with Gasteiger partial charge < -0.3 is 0 Å². The van der Waals surface area contributed by atoms with Gasteiger partial charge in [0.1, 0.15) is 0 Å². The number of benzene rings is 2. The molecule has 1 amide bonds. The van der Waals surface area contributed by atoms with Gasteiger partial charge in [0.15, 0.2) is 0 Å². The van der Waals surface area contributed by atoms with E-state index in [9.17, 15) is 14.9 Å². The number of nitro benzene ring substituents is 1. The van der Waals surface area contributed by atoms with Crippen molar-refractivity contribution < 1.29 is 9.72 Å². The summed E-state index contributed by atoms with van der Waals surface area (Å²) in [6.07, 6.45) is 1.20. The molecule has 0 aliphatic rings. The Balaban J connectivity index is 2.11. The van der Waals surface area contributed by atoms with Gasteiger partial charge >= 0.3 is 0 Å². The van der Waals surface area contributed by atoms with Gasteiger partial charge in [-0.2, -0.15) is 5.10 Å². The zero-order valence-electron chi connectivity index (χ0n) is 11.0. The third-order valence-electron chi connectivity index (χ3n) is 2.68. The molecular formula is C14H9Cl2N3O3. The normalized spacial score (nSPS) is 10.6. The topological polar surface area (TPSA) is 84.6 Å². The Hall–Kier alpha value is -2.44. The summed E-state index contributed by atoms with van der Waals surface area (Å²) >= 11 is 11.6. The fourth-order valence-electron chi connectivity index (χ4n) is 1.63. The lowest BCUT2D eigenvalue weighted by Crippen LogP contribution is -2.17. The van der Waals surface area contributed by atoms with Crippen molar-refractivity contribution in [2.75, 3.05) is 0 Å². The van der Waals surface area contributed by atoms with E-state index in [0.29, 0.717) is 5.02 Å². The van der Waals surface area contributed by atoms with Gasteiger partial charge in [-0.15, -0.1) is 0 Å². The first kappa shape index (κ1) is 15.9. The molecule has 0 heterocycles. The van der Waals surface area contributed by atoms with Gasteiger partial charge in [0.2, 0.25) is 0 Å². The van der Waals surface area contributed by atoms with Crippen LogP contribution in [0.15, 0.2) is 47.6 Å². The number of nitro groups is 1. The predicted octanol–water partition coefficient (Wildman–Crippen LogP) is 3.67. The van der Waals surface area contributed by atoms with Gasteiger partial charge in [-0.05, 0) is 24.3 Å². The Kier molecular flexibility index (Phi) is 5.08. The molecule has 2 aromatic carbocycles. The van der Waals surface area contributed by atoms with Crippen molar-refractivity contribution in [1.29, 1.82) is 0 Å². The highest BCUT2D eigenvalue weighted by atomic mass is 35.5. The standard InChI is InChI=1S/C14H9Cl2N3O3/c15-11-6-5-9(7-12(11)16)14(20)18-17-8-10-3-1-2-4-13(10)19(21)22/h1-8H,(H,18,20). The van der Waals surface area contributed by atoms with E-state index < -0.39 is 10.8 Å². The van der Waals surface area contributed by atoms with Crippen LogP contribution in [0.1, 0.15) is 15.9 Å². The number of hydrogen-bond acceptors (Lipinski definition) is 4. The van der Waals surface area contributed by atoms with Gasteiger partial charge in [-0.3, -0.25) is 14.9 Å². The van der Waals surface area contributed by atoms with Crippen LogP contribution >= 0.6 is 23.2 Å². The van der Waals surface area contributed by atoms with Gasteiger partial charge in [-0.25, -0.2) is 5.43 Å². The molecule has 0 saturated carbocycles. The fraction of sp³-hybridized carbons (Fsp3) is 0. The second-order valence-electron chi connectivity index (χ2n) is 4.14. The molecule has 0 aromatic heterocycles. The number of carbonyl (C=O) groups is 1. The first-order valence-corrected chi connectivity index (χ1v) is 6.76. The summed E-state index contributed by atoms with van der Waals surface area (Å²) in [5.74, 6) is -0.506. The molecular weight excluding hydrogens is 329 g/mol. The van der Waals surface area contributed by atoms with Crippen molar-refractivity contribution in [2.45, 2.75) is 0 Å². The molecule has 0 fully saturated rings. The summed E-state index contributed by atoms with van der Waals surface area (Å²) in [5.41, 5.74) is 2.72. The average Bonchev–Trinajstić information content (AvgIpc) is 2.50. The molecule has 2 aromatic rings. The molecule has 0 radical (unpaired) electrons. The molecule has 0 aliphatic carbocycles. The van der Waals surface area contributed by atoms with Crippen molar-refractivity contribution in [1.82, 2.24) is 5.43 Å². The van der Waals surface area contributed by atoms with Crippen LogP contribution in [0.5, 0.6) is 0 Å². The smallest absolute Gasteiger partial charge is 0.267 e. The average molecular weight is 338 g/mol. The van der Waals surface area contributed by atoms with Crippen LogP contribution in [-0.4, -0.2) is 17.0 Å². The van der Waals surface area contributed by atoms with Crippen LogP contribution in [0.2, 0.25) is 10.0 Å². The van der Waals surface area contributed by atoms with Crippen molar-refractivity contribution in [3.05, 3.63) is 73.8 Å². The van der Waals surface area contributed by atoms with E-state index in [1.807, 2.05) is 0 Å². The number of amides is 1. The number of hydrogen-bond donors (Lipinski definition) is 1. The van der Waals surface area contributed by atoms with Crippen molar-refractivity contribution in [2.24, 2.45) is 5.10 Å². The third-order valence-corrected chi connectivity index (χ3v) is 3.42. The number of para-hydroxylation sites is 1. The number of nitrogens with zero attached hydrogens (tertiary/aromatic N) is 2. The summed E-state index contributed by atoms with van der Waals surface area (Å²) < 4.78 is 0. The Labute approximate surface area is 135 Å². The zero-order valence-corrected chi connectivity index (χ0v) is 12.5. The molecule has 6 nitrogen and oxygen atoms in total. The molecule has 0 saturated heterocycles. The minimum Gasteiger partial charge on any atom is -0.267 e. The number of carbonyl (C=O) groups excluding carboxylic acids is 1. The summed E-state index contributed by atoms with van der Waals surface area (Å²) in [6, 6.07) is 10.4. The Morgan fingerprint density at radius 1 is 1.18 bits per heavy atom. The van der Waals surface area contributed by atoms with Crippen LogP contribution in [0, 0.1) is 10.1 Å². The van der Waals surface area contributed by atoms with Gasteiger partial charge in [0.25, 0.3) is 11.6 Å². The quantitative estimate of drug-likeness (QED) is 0.524. The molecule has 0 spiro atoms. The fourth-order valence-corrected chi connectivity index (χ4v) is 1.92. The Morgan fingerprint density at radius 3 is 2.59 bits per heavy atom. The zero-order chi connectivity index (χ0) is 16.1. The molecule has 112 valence electrons. The van der Waals surface area contributed by atoms with E-state index in [2.05, 4.69) is 10.5 Å². The third kappa shape index (κ3) is 3.81. The molecule has 22 heavy (non-hydrogen) atoms. The van der Waals surface area contributed by atoms with Crippen molar-refractivity contribution in [3.8, 4) is 0 Å². The van der Waals surface area contributed by atoms with E-state index in [0.717, 1.165) is 0 Å². The van der Waals surface area contributed by atoms with Gasteiger partial charge in [0, 0.05) is 11.6 Å². The number of halogens is 2. The lowest BCUT2D eigenvalue weighted by molar-refractivity contribution is -0.385. The molecule has 2 rings (SSSR count). The largest absolute Gasteiger partial charge is 0.278 e. The van der Waals surface area contributed by atoms with E-state index in [1.165, 1.54) is 36.5 Å². The maximum absolute atomic E-state index is 11.9. The first-order chi connectivity index (χ1) is 10.5. The molecule has 0 aliphatic heterocycles.